The van der Waals surface area contributed by atoms with Crippen molar-refractivity contribution in [1.29, 1.82) is 0 Å². The molecule has 0 aliphatic carbocycles. The molecule has 1 N–H and O–H groups in total. The molecule has 0 aliphatic rings. The maximum Gasteiger partial charge on any atom is 0.0545 e. The molecule has 0 atom stereocenters. The first-order chi connectivity index (χ1) is 27.8. The van der Waals surface area contributed by atoms with Gasteiger partial charge in [-0.1, -0.05) is 217 Å². The number of thiophene rings is 1. The lowest BCUT2D eigenvalue weighted by Gasteiger charge is -2.05. The number of benzene rings is 4. The van der Waals surface area contributed by atoms with Gasteiger partial charge in [-0.05, 0) is 61.1 Å². The van der Waals surface area contributed by atoms with Crippen LogP contribution in [0.15, 0.2) is 60.7 Å². The van der Waals surface area contributed by atoms with Crippen LogP contribution in [0.5, 0.6) is 0 Å². The van der Waals surface area contributed by atoms with Crippen LogP contribution in [-0.2, 0) is 12.8 Å². The summed E-state index contributed by atoms with van der Waals surface area (Å²) >= 11 is 1.98. The number of H-pyrrole nitrogens is 1. The average molecular weight is 772 g/mol. The Bertz CT molecular complexity index is 1860. The molecule has 0 bridgehead atoms. The first kappa shape index (κ1) is 42.8. The van der Waals surface area contributed by atoms with E-state index in [-0.39, 0.29) is 0 Å². The van der Waals surface area contributed by atoms with Gasteiger partial charge in [0.15, 0.2) is 0 Å². The van der Waals surface area contributed by atoms with Crippen LogP contribution in [-0.4, -0.2) is 4.98 Å². The third-order valence-corrected chi connectivity index (χ3v) is 14.2. The van der Waals surface area contributed by atoms with Crippen molar-refractivity contribution in [3.8, 4) is 0 Å². The van der Waals surface area contributed by atoms with E-state index >= 15 is 0 Å². The lowest BCUT2D eigenvalue weighted by atomic mass is 9.99. The predicted molar refractivity (Wildman–Crippen MR) is 254 cm³/mol. The minimum atomic E-state index is 1.19. The van der Waals surface area contributed by atoms with Crippen LogP contribution in [0.3, 0.4) is 0 Å². The van der Waals surface area contributed by atoms with E-state index in [1.54, 1.807) is 0 Å². The van der Waals surface area contributed by atoms with Crippen molar-refractivity contribution in [2.75, 3.05) is 0 Å². The molecule has 304 valence electrons. The molecule has 56 heavy (non-hydrogen) atoms. The van der Waals surface area contributed by atoms with Crippen LogP contribution in [0, 0.1) is 0 Å². The molecule has 0 saturated heterocycles. The Kier molecular flexibility index (Phi) is 18.5. The van der Waals surface area contributed by atoms with Crippen molar-refractivity contribution in [3.05, 3.63) is 71.8 Å². The van der Waals surface area contributed by atoms with E-state index in [4.69, 9.17) is 0 Å². The maximum atomic E-state index is 3.84. The monoisotopic (exact) mass is 772 g/mol. The van der Waals surface area contributed by atoms with Gasteiger partial charge in [0.2, 0.25) is 0 Å². The Balaban J connectivity index is 0.945. The lowest BCUT2D eigenvalue weighted by molar-refractivity contribution is 0.535. The van der Waals surface area contributed by atoms with Crippen LogP contribution in [0.25, 0.3) is 52.8 Å². The summed E-state index contributed by atoms with van der Waals surface area (Å²) in [4.78, 5) is 3.84. The van der Waals surface area contributed by atoms with Gasteiger partial charge in [0, 0.05) is 47.2 Å². The van der Waals surface area contributed by atoms with Crippen LogP contribution < -0.4 is 0 Å². The zero-order valence-corrected chi connectivity index (χ0v) is 36.7. The first-order valence-corrected chi connectivity index (χ1v) is 24.9. The van der Waals surface area contributed by atoms with Crippen molar-refractivity contribution in [1.82, 2.24) is 4.98 Å². The highest BCUT2D eigenvalue weighted by Crippen LogP contribution is 2.42. The number of unbranched alkanes of at least 4 members (excludes halogenated alkanes) is 26. The second kappa shape index (κ2) is 24.2. The maximum absolute atomic E-state index is 3.84. The molecule has 0 amide bonds. The summed E-state index contributed by atoms with van der Waals surface area (Å²) in [5, 5.41) is 8.36. The fourth-order valence-electron chi connectivity index (χ4n) is 9.46. The van der Waals surface area contributed by atoms with Gasteiger partial charge in [-0.15, -0.1) is 11.3 Å². The van der Waals surface area contributed by atoms with Gasteiger partial charge >= 0.3 is 0 Å². The Morgan fingerprint density at radius 2 is 0.732 bits per heavy atom. The summed E-state index contributed by atoms with van der Waals surface area (Å²) in [6.45, 7) is 4.61. The number of nitrogens with one attached hydrogen (secondary N) is 1. The largest absolute Gasteiger partial charge is 0.354 e. The predicted octanol–water partition coefficient (Wildman–Crippen LogP) is 18.9. The number of fused-ring (bicyclic) bond motifs is 9. The molecule has 2 aromatic heterocycles. The number of aryl methyl sites for hydroxylation is 2. The number of aromatic amines is 1. The standard InChI is InChI=1S/C54H77NS/c1-3-5-7-9-11-13-15-17-19-21-23-25-27-29-31-43-33-39-51-49(41-43)46-36-37-47-45(53(46)55-51)35-38-48-50-42-44(34-40-52(50)56-54(47)48)32-30-28-26-24-22-20-18-16-14-12-10-8-6-4-2/h33-42,55H,3-32H2,1-2H3. The highest BCUT2D eigenvalue weighted by Gasteiger charge is 2.14. The topological polar surface area (TPSA) is 15.8 Å². The first-order valence-electron chi connectivity index (χ1n) is 24.1. The molecule has 6 aromatic rings. The van der Waals surface area contributed by atoms with Gasteiger partial charge in [-0.25, -0.2) is 0 Å². The number of hydrogen-bond donors (Lipinski definition) is 1. The molecule has 0 aliphatic heterocycles. The summed E-state index contributed by atoms with van der Waals surface area (Å²) in [6.07, 6.45) is 42.1. The summed E-state index contributed by atoms with van der Waals surface area (Å²) < 4.78 is 2.85. The molecule has 2 heterocycles. The zero-order chi connectivity index (χ0) is 38.6. The minimum absolute atomic E-state index is 1.19. The molecule has 0 saturated carbocycles. The molecular weight excluding hydrogens is 695 g/mol. The van der Waals surface area contributed by atoms with Gasteiger partial charge in [0.25, 0.3) is 0 Å². The Hall–Kier alpha value is -2.84. The number of rotatable bonds is 30. The third kappa shape index (κ3) is 12.6. The van der Waals surface area contributed by atoms with Crippen molar-refractivity contribution >= 4 is 64.1 Å². The van der Waals surface area contributed by atoms with Crippen molar-refractivity contribution in [3.63, 3.8) is 0 Å². The second-order valence-corrected chi connectivity index (χ2v) is 18.7. The van der Waals surface area contributed by atoms with Gasteiger partial charge in [0.05, 0.1) is 5.52 Å². The smallest absolute Gasteiger partial charge is 0.0545 e. The van der Waals surface area contributed by atoms with Crippen LogP contribution in [0.1, 0.15) is 205 Å². The molecule has 2 heteroatoms. The zero-order valence-electron chi connectivity index (χ0n) is 35.9. The highest BCUT2D eigenvalue weighted by molar-refractivity contribution is 7.26. The van der Waals surface area contributed by atoms with E-state index in [1.807, 2.05) is 11.3 Å². The van der Waals surface area contributed by atoms with Crippen LogP contribution >= 0.6 is 11.3 Å². The van der Waals surface area contributed by atoms with Gasteiger partial charge in [-0.2, -0.15) is 0 Å². The average Bonchev–Trinajstić information content (AvgIpc) is 3.79. The minimum Gasteiger partial charge on any atom is -0.354 e. The summed E-state index contributed by atoms with van der Waals surface area (Å²) in [5.74, 6) is 0. The molecule has 0 spiro atoms. The van der Waals surface area contributed by atoms with Crippen molar-refractivity contribution < 1.29 is 0 Å². The van der Waals surface area contributed by atoms with Crippen LogP contribution in [0.4, 0.5) is 0 Å². The number of aromatic nitrogens is 1. The third-order valence-electron chi connectivity index (χ3n) is 13.0. The van der Waals surface area contributed by atoms with E-state index in [0.29, 0.717) is 0 Å². The fourth-order valence-corrected chi connectivity index (χ4v) is 10.7. The summed E-state index contributed by atoms with van der Waals surface area (Å²) in [6, 6.07) is 24.0. The lowest BCUT2D eigenvalue weighted by Crippen LogP contribution is -1.87. The Labute approximate surface area is 345 Å². The van der Waals surface area contributed by atoms with E-state index in [0.717, 1.165) is 0 Å². The fraction of sp³-hybridized carbons (Fsp3) is 0.593. The quantitative estimate of drug-likeness (QED) is 0.0439. The van der Waals surface area contributed by atoms with Gasteiger partial charge in [0.1, 0.15) is 0 Å². The SMILES string of the molecule is CCCCCCCCCCCCCCCCc1ccc2[nH]c3c(ccc4c3ccc3c5cc(CCCCCCCCCCCCCCCC)ccc5sc34)c2c1. The van der Waals surface area contributed by atoms with E-state index in [1.165, 1.54) is 257 Å². The van der Waals surface area contributed by atoms with E-state index in [2.05, 4.69) is 79.5 Å². The molecule has 1 nitrogen and oxygen atoms in total. The van der Waals surface area contributed by atoms with Crippen LogP contribution in [0.2, 0.25) is 0 Å². The van der Waals surface area contributed by atoms with E-state index < -0.39 is 0 Å². The normalized spacial score (nSPS) is 12.1. The number of hydrogen-bond acceptors (Lipinski definition) is 1. The van der Waals surface area contributed by atoms with Crippen molar-refractivity contribution in [2.24, 2.45) is 0 Å². The van der Waals surface area contributed by atoms with Gasteiger partial charge in [-0.3, -0.25) is 0 Å². The Morgan fingerprint density at radius 1 is 0.357 bits per heavy atom. The molecular formula is C54H77NS. The van der Waals surface area contributed by atoms with E-state index in [9.17, 15) is 0 Å². The molecule has 4 aromatic carbocycles. The Morgan fingerprint density at radius 3 is 1.21 bits per heavy atom. The molecule has 0 fully saturated rings. The summed E-state index contributed by atoms with van der Waals surface area (Å²) in [7, 11) is 0. The molecule has 6 rings (SSSR count). The van der Waals surface area contributed by atoms with Gasteiger partial charge < -0.3 is 4.98 Å². The second-order valence-electron chi connectivity index (χ2n) is 17.7. The van der Waals surface area contributed by atoms with Crippen molar-refractivity contribution in [2.45, 2.75) is 206 Å². The molecule has 0 unspecified atom stereocenters. The highest BCUT2D eigenvalue weighted by atomic mass is 32.1. The molecule has 0 radical (unpaired) electrons. The summed E-state index contributed by atoms with van der Waals surface area (Å²) in [5.41, 5.74) is 5.56.